The number of nitrogens with zero attached hydrogens (tertiary/aromatic N) is 2. The number of ether oxygens (including phenoxy) is 1. The third-order valence-electron chi connectivity index (χ3n) is 6.33. The molecule has 2 saturated heterocycles. The lowest BCUT2D eigenvalue weighted by molar-refractivity contribution is 0.0714. The van der Waals surface area contributed by atoms with Gasteiger partial charge in [0.15, 0.2) is 0 Å². The van der Waals surface area contributed by atoms with Gasteiger partial charge in [0, 0.05) is 38.4 Å². The van der Waals surface area contributed by atoms with Crippen LogP contribution in [-0.4, -0.2) is 50.3 Å². The molecular formula is C20H27N3O2. The molecular weight excluding hydrogens is 314 g/mol. The molecule has 1 N–H and O–H groups in total. The minimum atomic E-state index is -0.101. The van der Waals surface area contributed by atoms with Gasteiger partial charge in [-0.3, -0.25) is 0 Å². The van der Waals surface area contributed by atoms with Gasteiger partial charge < -0.3 is 19.9 Å². The highest BCUT2D eigenvalue weighted by atomic mass is 16.6. The predicted molar refractivity (Wildman–Crippen MR) is 97.0 cm³/mol. The first-order chi connectivity index (χ1) is 12.3. The minimum Gasteiger partial charge on any atom is -0.449 e. The Bertz CT molecular complexity index is 667. The Kier molecular flexibility index (Phi) is 3.85. The second kappa shape index (κ2) is 6.20. The van der Waals surface area contributed by atoms with Crippen LogP contribution in [-0.2, 0) is 4.74 Å². The van der Waals surface area contributed by atoms with Crippen LogP contribution in [0.15, 0.2) is 18.2 Å². The Morgan fingerprint density at radius 1 is 1.12 bits per heavy atom. The van der Waals surface area contributed by atoms with E-state index >= 15 is 0 Å². The molecule has 1 aromatic rings. The molecule has 0 radical (unpaired) electrons. The van der Waals surface area contributed by atoms with Crippen molar-refractivity contribution in [1.82, 2.24) is 10.2 Å². The number of rotatable bonds is 3. The molecule has 2 atom stereocenters. The summed E-state index contributed by atoms with van der Waals surface area (Å²) in [6, 6.07) is 7.15. The molecule has 1 amide bonds. The van der Waals surface area contributed by atoms with Crippen molar-refractivity contribution in [3.63, 3.8) is 0 Å². The first-order valence-corrected chi connectivity index (χ1v) is 9.82. The van der Waals surface area contributed by atoms with E-state index in [1.54, 1.807) is 0 Å². The molecule has 0 aromatic heterocycles. The van der Waals surface area contributed by atoms with Crippen molar-refractivity contribution < 1.29 is 9.53 Å². The van der Waals surface area contributed by atoms with Crippen LogP contribution >= 0.6 is 0 Å². The zero-order valence-corrected chi connectivity index (χ0v) is 14.7. The molecule has 0 spiro atoms. The standard InChI is InChI=1S/C20H27N3O2/c24-20(25-13-14-1-2-14)23-8-5-15-11-19(23)18-12-16(3-4-17(15)18)22-9-6-21-7-10-22/h3-4,12,14-15,19,21H,1-2,5-11,13H2. The maximum Gasteiger partial charge on any atom is 0.410 e. The smallest absolute Gasteiger partial charge is 0.410 e. The Balaban J connectivity index is 1.37. The number of hydrogen-bond donors (Lipinski definition) is 1. The number of fused-ring (bicyclic) bond motifs is 5. The number of anilines is 1. The molecule has 3 fully saturated rings. The highest BCUT2D eigenvalue weighted by Gasteiger charge is 2.42. The topological polar surface area (TPSA) is 44.8 Å². The van der Waals surface area contributed by atoms with Gasteiger partial charge in [0.25, 0.3) is 0 Å². The van der Waals surface area contributed by atoms with Crippen molar-refractivity contribution >= 4 is 11.8 Å². The van der Waals surface area contributed by atoms with Gasteiger partial charge in [-0.05, 0) is 60.8 Å². The van der Waals surface area contributed by atoms with Gasteiger partial charge in [0.05, 0.1) is 12.6 Å². The average Bonchev–Trinajstić information content (AvgIpc) is 3.46. The van der Waals surface area contributed by atoms with Crippen LogP contribution < -0.4 is 10.2 Å². The van der Waals surface area contributed by atoms with Gasteiger partial charge in [-0.1, -0.05) is 6.07 Å². The third-order valence-corrected chi connectivity index (χ3v) is 6.33. The van der Waals surface area contributed by atoms with E-state index in [-0.39, 0.29) is 12.1 Å². The first-order valence-electron chi connectivity index (χ1n) is 9.82. The lowest BCUT2D eigenvalue weighted by Crippen LogP contribution is -2.43. The molecule has 2 heterocycles. The molecule has 25 heavy (non-hydrogen) atoms. The summed E-state index contributed by atoms with van der Waals surface area (Å²) >= 11 is 0. The number of nitrogens with one attached hydrogen (secondary N) is 1. The number of hydrogen-bond acceptors (Lipinski definition) is 4. The van der Waals surface area contributed by atoms with Crippen molar-refractivity contribution in [2.24, 2.45) is 5.92 Å². The van der Waals surface area contributed by atoms with E-state index in [1.165, 1.54) is 29.7 Å². The van der Waals surface area contributed by atoms with Crippen LogP contribution in [0.3, 0.4) is 0 Å². The summed E-state index contributed by atoms with van der Waals surface area (Å²) in [5.41, 5.74) is 4.13. The normalized spacial score (nSPS) is 28.0. The Hall–Kier alpha value is -1.75. The van der Waals surface area contributed by atoms with Crippen LogP contribution in [0.2, 0.25) is 0 Å². The maximum atomic E-state index is 12.6. The summed E-state index contributed by atoms with van der Waals surface area (Å²) in [7, 11) is 0. The summed E-state index contributed by atoms with van der Waals surface area (Å²) in [5, 5.41) is 3.41. The second-order valence-electron chi connectivity index (χ2n) is 8.00. The van der Waals surface area contributed by atoms with Gasteiger partial charge in [-0.25, -0.2) is 4.79 Å². The Morgan fingerprint density at radius 3 is 2.76 bits per heavy atom. The van der Waals surface area contributed by atoms with E-state index in [9.17, 15) is 4.79 Å². The molecule has 5 rings (SSSR count). The van der Waals surface area contributed by atoms with Crippen molar-refractivity contribution in [2.45, 2.75) is 37.6 Å². The highest BCUT2D eigenvalue weighted by Crippen LogP contribution is 2.50. The third kappa shape index (κ3) is 2.88. The summed E-state index contributed by atoms with van der Waals surface area (Å²) in [4.78, 5) is 17.0. The highest BCUT2D eigenvalue weighted by molar-refractivity contribution is 5.70. The number of carbonyl (C=O) groups excluding carboxylic acids is 1. The van der Waals surface area contributed by atoms with E-state index in [1.807, 2.05) is 4.90 Å². The van der Waals surface area contributed by atoms with E-state index in [0.717, 1.165) is 45.6 Å². The molecule has 1 saturated carbocycles. The monoisotopic (exact) mass is 341 g/mol. The van der Waals surface area contributed by atoms with Crippen LogP contribution in [0, 0.1) is 5.92 Å². The van der Waals surface area contributed by atoms with Gasteiger partial charge in [0.1, 0.15) is 0 Å². The molecule has 2 unspecified atom stereocenters. The lowest BCUT2D eigenvalue weighted by atomic mass is 9.96. The van der Waals surface area contributed by atoms with Gasteiger partial charge in [-0.15, -0.1) is 0 Å². The second-order valence-corrected chi connectivity index (χ2v) is 8.00. The molecule has 2 aliphatic heterocycles. The fraction of sp³-hybridized carbons (Fsp3) is 0.650. The largest absolute Gasteiger partial charge is 0.449 e. The number of amides is 1. The van der Waals surface area contributed by atoms with Crippen molar-refractivity contribution in [3.05, 3.63) is 29.3 Å². The van der Waals surface area contributed by atoms with Gasteiger partial charge >= 0.3 is 6.09 Å². The zero-order chi connectivity index (χ0) is 16.8. The Morgan fingerprint density at radius 2 is 1.96 bits per heavy atom. The molecule has 134 valence electrons. The number of likely N-dealkylation sites (tertiary alicyclic amines) is 1. The van der Waals surface area contributed by atoms with E-state index in [4.69, 9.17) is 4.74 Å². The summed E-state index contributed by atoms with van der Waals surface area (Å²) in [5.74, 6) is 1.24. The quantitative estimate of drug-likeness (QED) is 0.918. The van der Waals surface area contributed by atoms with E-state index in [2.05, 4.69) is 28.4 Å². The minimum absolute atomic E-state index is 0.101. The average molecular weight is 341 g/mol. The predicted octanol–water partition coefficient (Wildman–Crippen LogP) is 2.88. The van der Waals surface area contributed by atoms with E-state index in [0.29, 0.717) is 18.4 Å². The molecule has 5 heteroatoms. The number of benzene rings is 1. The number of piperidine rings is 1. The van der Waals surface area contributed by atoms with Crippen LogP contribution in [0.5, 0.6) is 0 Å². The van der Waals surface area contributed by atoms with Gasteiger partial charge in [-0.2, -0.15) is 0 Å². The fourth-order valence-electron chi connectivity index (χ4n) is 4.66. The first kappa shape index (κ1) is 15.5. The van der Waals surface area contributed by atoms with Crippen molar-refractivity contribution in [2.75, 3.05) is 44.2 Å². The molecule has 4 aliphatic rings. The number of piperazine rings is 1. The number of carbonyl (C=O) groups is 1. The molecule has 1 aromatic carbocycles. The molecule has 5 nitrogen and oxygen atoms in total. The molecule has 2 aliphatic carbocycles. The van der Waals surface area contributed by atoms with Crippen molar-refractivity contribution in [1.29, 1.82) is 0 Å². The summed E-state index contributed by atoms with van der Waals surface area (Å²) in [6.45, 7) is 5.64. The van der Waals surface area contributed by atoms with Crippen LogP contribution in [0.25, 0.3) is 0 Å². The fourth-order valence-corrected chi connectivity index (χ4v) is 4.66. The van der Waals surface area contributed by atoms with E-state index < -0.39 is 0 Å². The lowest BCUT2D eigenvalue weighted by Gasteiger charge is -2.33. The summed E-state index contributed by atoms with van der Waals surface area (Å²) in [6.07, 6.45) is 4.47. The van der Waals surface area contributed by atoms with Crippen LogP contribution in [0.1, 0.15) is 48.8 Å². The van der Waals surface area contributed by atoms with Gasteiger partial charge in [0.2, 0.25) is 0 Å². The maximum absolute atomic E-state index is 12.6. The molecule has 2 bridgehead atoms. The van der Waals surface area contributed by atoms with Crippen LogP contribution in [0.4, 0.5) is 10.5 Å². The summed E-state index contributed by atoms with van der Waals surface area (Å²) < 4.78 is 5.59. The Labute approximate surface area is 149 Å². The van der Waals surface area contributed by atoms with Crippen molar-refractivity contribution in [3.8, 4) is 0 Å². The zero-order valence-electron chi connectivity index (χ0n) is 14.7. The SMILES string of the molecule is O=C(OCC1CC1)N1CCC2CC1c1cc(N3CCNCC3)ccc12.